The van der Waals surface area contributed by atoms with Crippen molar-refractivity contribution >= 4 is 39.4 Å². The predicted molar refractivity (Wildman–Crippen MR) is 161 cm³/mol. The molecule has 4 rings (SSSR count). The van der Waals surface area contributed by atoms with E-state index in [1.165, 1.54) is 43.7 Å². The van der Waals surface area contributed by atoms with Crippen molar-refractivity contribution < 1.29 is 31.9 Å². The number of nitrogens with zero attached hydrogens (tertiary/aromatic N) is 2. The SMILES string of the molecule is COc1ccccc1NC(=O)COc1ccc(/C=N\NC(=O)CN(c2ccccc2F)S(=O)(=O)c2ccc(C)cc2)cc1. The molecule has 4 aromatic rings. The largest absolute Gasteiger partial charge is 0.495 e. The Labute approximate surface area is 248 Å². The molecule has 2 amide bonds. The first-order valence-electron chi connectivity index (χ1n) is 13.0. The topological polar surface area (TPSA) is 126 Å². The Morgan fingerprint density at radius 1 is 0.907 bits per heavy atom. The molecule has 0 radical (unpaired) electrons. The van der Waals surface area contributed by atoms with Crippen LogP contribution in [-0.2, 0) is 19.6 Å². The van der Waals surface area contributed by atoms with Gasteiger partial charge < -0.3 is 14.8 Å². The lowest BCUT2D eigenvalue weighted by atomic mass is 10.2. The van der Waals surface area contributed by atoms with Crippen LogP contribution in [-0.4, -0.2) is 46.7 Å². The van der Waals surface area contributed by atoms with Gasteiger partial charge >= 0.3 is 0 Å². The quantitative estimate of drug-likeness (QED) is 0.181. The standard InChI is InChI=1S/C31H29FN4O6S/c1-22-11-17-25(18-12-22)43(39,40)36(28-9-5-3-7-26(28)32)20-30(37)35-33-19-23-13-15-24(16-14-23)42-21-31(38)34-27-8-4-6-10-29(27)41-2/h3-19H,20-21H2,1-2H3,(H,34,38)(H,35,37)/b33-19-. The molecule has 0 bridgehead atoms. The second-order valence-electron chi connectivity index (χ2n) is 9.18. The molecule has 0 atom stereocenters. The van der Waals surface area contributed by atoms with E-state index in [1.54, 1.807) is 67.6 Å². The Morgan fingerprint density at radius 2 is 1.58 bits per heavy atom. The number of hydrazone groups is 1. The van der Waals surface area contributed by atoms with E-state index in [4.69, 9.17) is 9.47 Å². The van der Waals surface area contributed by atoms with Crippen LogP contribution in [0.3, 0.4) is 0 Å². The number of carbonyl (C=O) groups excluding carboxylic acids is 2. The Kier molecular flexibility index (Phi) is 10.1. The Bertz CT molecular complexity index is 1710. The number of hydrogen-bond acceptors (Lipinski definition) is 7. The third-order valence-corrected chi connectivity index (χ3v) is 7.83. The number of para-hydroxylation sites is 3. The molecular weight excluding hydrogens is 575 g/mol. The van der Waals surface area contributed by atoms with Gasteiger partial charge in [-0.25, -0.2) is 18.2 Å². The van der Waals surface area contributed by atoms with Crippen LogP contribution in [0.15, 0.2) is 107 Å². The summed E-state index contributed by atoms with van der Waals surface area (Å²) < 4.78 is 52.8. The van der Waals surface area contributed by atoms with Gasteiger partial charge in [0.1, 0.15) is 23.9 Å². The summed E-state index contributed by atoms with van der Waals surface area (Å²) in [6.45, 7) is 0.865. The number of ether oxygens (including phenoxy) is 2. The summed E-state index contributed by atoms with van der Waals surface area (Å²) in [5, 5.41) is 6.60. The Morgan fingerprint density at radius 3 is 2.28 bits per heavy atom. The lowest BCUT2D eigenvalue weighted by molar-refractivity contribution is -0.119. The summed E-state index contributed by atoms with van der Waals surface area (Å²) >= 11 is 0. The lowest BCUT2D eigenvalue weighted by Gasteiger charge is -2.24. The van der Waals surface area contributed by atoms with Crippen molar-refractivity contribution in [3.8, 4) is 11.5 Å². The number of halogens is 1. The van der Waals surface area contributed by atoms with E-state index >= 15 is 0 Å². The number of methoxy groups -OCH3 is 1. The molecule has 0 aliphatic rings. The summed E-state index contributed by atoms with van der Waals surface area (Å²) in [6.07, 6.45) is 1.35. The van der Waals surface area contributed by atoms with Crippen molar-refractivity contribution in [3.63, 3.8) is 0 Å². The van der Waals surface area contributed by atoms with E-state index in [-0.39, 0.29) is 23.1 Å². The number of carbonyl (C=O) groups is 2. The molecule has 0 aromatic heterocycles. The maximum atomic E-state index is 14.6. The molecule has 43 heavy (non-hydrogen) atoms. The molecular formula is C31H29FN4O6S. The molecule has 10 nitrogen and oxygen atoms in total. The van der Waals surface area contributed by atoms with Gasteiger partial charge in [0.25, 0.3) is 21.8 Å². The number of benzene rings is 4. The van der Waals surface area contributed by atoms with Crippen LogP contribution < -0.4 is 24.5 Å². The molecule has 12 heteroatoms. The maximum absolute atomic E-state index is 14.6. The van der Waals surface area contributed by atoms with Gasteiger partial charge in [-0.2, -0.15) is 5.10 Å². The molecule has 0 aliphatic heterocycles. The van der Waals surface area contributed by atoms with Crippen molar-refractivity contribution in [1.82, 2.24) is 5.43 Å². The summed E-state index contributed by atoms with van der Waals surface area (Å²) in [7, 11) is -2.76. The van der Waals surface area contributed by atoms with Gasteiger partial charge in [0.2, 0.25) is 0 Å². The van der Waals surface area contributed by atoms with Gasteiger partial charge in [0.15, 0.2) is 6.61 Å². The van der Waals surface area contributed by atoms with Crippen molar-refractivity contribution in [2.45, 2.75) is 11.8 Å². The van der Waals surface area contributed by atoms with Gasteiger partial charge in [-0.05, 0) is 73.2 Å². The summed E-state index contributed by atoms with van der Waals surface area (Å²) in [6, 6.07) is 24.9. The van der Waals surface area contributed by atoms with E-state index < -0.39 is 28.3 Å². The molecule has 222 valence electrons. The smallest absolute Gasteiger partial charge is 0.264 e. The molecule has 0 saturated heterocycles. The van der Waals surface area contributed by atoms with Gasteiger partial charge in [0.05, 0.1) is 29.6 Å². The monoisotopic (exact) mass is 604 g/mol. The number of nitrogens with one attached hydrogen (secondary N) is 2. The number of anilines is 2. The van der Waals surface area contributed by atoms with E-state index in [1.807, 2.05) is 0 Å². The van der Waals surface area contributed by atoms with Crippen LogP contribution in [0.2, 0.25) is 0 Å². The van der Waals surface area contributed by atoms with Gasteiger partial charge in [-0.3, -0.25) is 13.9 Å². The Balaban J connectivity index is 1.35. The molecule has 0 heterocycles. The lowest BCUT2D eigenvalue weighted by Crippen LogP contribution is -2.40. The average molecular weight is 605 g/mol. The zero-order chi connectivity index (χ0) is 30.8. The van der Waals surface area contributed by atoms with E-state index in [2.05, 4.69) is 15.8 Å². The molecule has 0 unspecified atom stereocenters. The van der Waals surface area contributed by atoms with Crippen molar-refractivity contribution in [2.24, 2.45) is 5.10 Å². The fourth-order valence-corrected chi connectivity index (χ4v) is 5.30. The highest BCUT2D eigenvalue weighted by Gasteiger charge is 2.29. The fourth-order valence-electron chi connectivity index (χ4n) is 3.87. The zero-order valence-corrected chi connectivity index (χ0v) is 24.2. The van der Waals surface area contributed by atoms with Crippen molar-refractivity contribution in [3.05, 3.63) is 114 Å². The van der Waals surface area contributed by atoms with E-state index in [0.717, 1.165) is 11.6 Å². The van der Waals surface area contributed by atoms with Gasteiger partial charge in [-0.1, -0.05) is 42.0 Å². The van der Waals surface area contributed by atoms with E-state index in [0.29, 0.717) is 27.1 Å². The summed E-state index contributed by atoms with van der Waals surface area (Å²) in [5.41, 5.74) is 3.97. The highest BCUT2D eigenvalue weighted by atomic mass is 32.2. The number of sulfonamides is 1. The predicted octanol–water partition coefficient (Wildman–Crippen LogP) is 4.51. The minimum Gasteiger partial charge on any atom is -0.495 e. The first-order valence-corrected chi connectivity index (χ1v) is 14.4. The Hall–Kier alpha value is -5.23. The number of rotatable bonds is 12. The fraction of sp³-hybridized carbons (Fsp3) is 0.129. The van der Waals surface area contributed by atoms with Crippen LogP contribution >= 0.6 is 0 Å². The molecule has 4 aromatic carbocycles. The number of hydrogen-bond donors (Lipinski definition) is 2. The van der Waals surface area contributed by atoms with Gasteiger partial charge in [0, 0.05) is 0 Å². The first-order chi connectivity index (χ1) is 20.7. The third-order valence-electron chi connectivity index (χ3n) is 6.05. The molecule has 0 saturated carbocycles. The van der Waals surface area contributed by atoms with Crippen molar-refractivity contribution in [1.29, 1.82) is 0 Å². The third kappa shape index (κ3) is 8.17. The van der Waals surface area contributed by atoms with Gasteiger partial charge in [-0.15, -0.1) is 0 Å². The highest BCUT2D eigenvalue weighted by molar-refractivity contribution is 7.92. The number of aryl methyl sites for hydroxylation is 1. The van der Waals surface area contributed by atoms with E-state index in [9.17, 15) is 22.4 Å². The minimum absolute atomic E-state index is 0.0859. The maximum Gasteiger partial charge on any atom is 0.264 e. The highest BCUT2D eigenvalue weighted by Crippen LogP contribution is 2.26. The van der Waals surface area contributed by atoms with Crippen molar-refractivity contribution in [2.75, 3.05) is 29.9 Å². The van der Waals surface area contributed by atoms with Crippen LogP contribution in [0.5, 0.6) is 11.5 Å². The minimum atomic E-state index is -4.27. The normalized spacial score (nSPS) is 11.1. The summed E-state index contributed by atoms with van der Waals surface area (Å²) in [4.78, 5) is 24.9. The second kappa shape index (κ2) is 14.1. The van der Waals surface area contributed by atoms with Crippen LogP contribution in [0.25, 0.3) is 0 Å². The van der Waals surface area contributed by atoms with Crippen LogP contribution in [0.4, 0.5) is 15.8 Å². The number of amides is 2. The van der Waals surface area contributed by atoms with Crippen LogP contribution in [0, 0.1) is 12.7 Å². The average Bonchev–Trinajstić information content (AvgIpc) is 3.00. The first kappa shape index (κ1) is 30.7. The molecule has 0 aliphatic carbocycles. The molecule has 0 fully saturated rings. The van der Waals surface area contributed by atoms with Crippen LogP contribution in [0.1, 0.15) is 11.1 Å². The summed E-state index contributed by atoms with van der Waals surface area (Å²) in [5.74, 6) is -0.991. The zero-order valence-electron chi connectivity index (χ0n) is 23.4. The second-order valence-corrected chi connectivity index (χ2v) is 11.0. The molecule has 0 spiro atoms. The molecule has 2 N–H and O–H groups in total.